The van der Waals surface area contributed by atoms with E-state index in [1.165, 1.54) is 29.7 Å². The lowest BCUT2D eigenvalue weighted by atomic mass is 10.0. The summed E-state index contributed by atoms with van der Waals surface area (Å²) in [5, 5.41) is 3.47. The Morgan fingerprint density at radius 3 is 2.85 bits per heavy atom. The third-order valence-electron chi connectivity index (χ3n) is 4.03. The molecule has 2 rings (SSSR count). The molecule has 1 aliphatic heterocycles. The summed E-state index contributed by atoms with van der Waals surface area (Å²) in [6.45, 7) is 9.68. The molecule has 1 fully saturated rings. The molecule has 0 saturated carbocycles. The molecule has 1 saturated heterocycles. The number of benzene rings is 1. The first-order valence-electron chi connectivity index (χ1n) is 7.71. The molecular formula is C17H28N2O. The number of ether oxygens (including phenoxy) is 1. The minimum absolute atomic E-state index is 0.380. The van der Waals surface area contributed by atoms with Crippen LogP contribution in [0.25, 0.3) is 0 Å². The molecule has 1 N–H and O–H groups in total. The number of aryl methyl sites for hydroxylation is 1. The van der Waals surface area contributed by atoms with Crippen LogP contribution in [-0.2, 0) is 11.3 Å². The normalized spacial score (nSPS) is 19.6. The van der Waals surface area contributed by atoms with E-state index in [2.05, 4.69) is 49.2 Å². The first kappa shape index (κ1) is 15.3. The zero-order chi connectivity index (χ0) is 14.5. The molecule has 1 unspecified atom stereocenters. The molecule has 0 bridgehead atoms. The van der Waals surface area contributed by atoms with Crippen LogP contribution < -0.4 is 10.2 Å². The Balaban J connectivity index is 2.05. The lowest BCUT2D eigenvalue weighted by Gasteiger charge is -2.34. The molecule has 0 amide bonds. The molecular weight excluding hydrogens is 248 g/mol. The lowest BCUT2D eigenvalue weighted by Crippen LogP contribution is -2.39. The topological polar surface area (TPSA) is 24.5 Å². The number of anilines is 1. The van der Waals surface area contributed by atoms with Gasteiger partial charge in [-0.05, 0) is 37.0 Å². The Labute approximate surface area is 123 Å². The molecule has 0 radical (unpaired) electrons. The van der Waals surface area contributed by atoms with Gasteiger partial charge in [-0.2, -0.15) is 0 Å². The Bertz CT molecular complexity index is 431. The molecule has 0 aliphatic carbocycles. The number of nitrogens with one attached hydrogen (secondary N) is 1. The molecule has 3 heteroatoms. The van der Waals surface area contributed by atoms with Gasteiger partial charge in [0, 0.05) is 38.5 Å². The van der Waals surface area contributed by atoms with Crippen molar-refractivity contribution in [2.24, 2.45) is 0 Å². The zero-order valence-electron chi connectivity index (χ0n) is 13.3. The standard InChI is InChI=1S/C17H28N2O/c1-13(2)18-11-15-7-8-17(14(3)10-15)19-9-5-6-16(12-19)20-4/h7-8,10,13,16,18H,5-6,9,11-12H2,1-4H3. The second-order valence-electron chi connectivity index (χ2n) is 6.10. The molecule has 1 atom stereocenters. The van der Waals surface area contributed by atoms with Crippen LogP contribution in [0.15, 0.2) is 18.2 Å². The number of methoxy groups -OCH3 is 1. The van der Waals surface area contributed by atoms with Gasteiger partial charge in [0.25, 0.3) is 0 Å². The predicted octanol–water partition coefficient (Wildman–Crippen LogP) is 3.11. The fraction of sp³-hybridized carbons (Fsp3) is 0.647. The van der Waals surface area contributed by atoms with Crippen molar-refractivity contribution in [3.05, 3.63) is 29.3 Å². The van der Waals surface area contributed by atoms with E-state index in [9.17, 15) is 0 Å². The van der Waals surface area contributed by atoms with E-state index in [1.54, 1.807) is 0 Å². The fourth-order valence-corrected chi connectivity index (χ4v) is 2.85. The molecule has 1 heterocycles. The van der Waals surface area contributed by atoms with Crippen molar-refractivity contribution in [1.29, 1.82) is 0 Å². The summed E-state index contributed by atoms with van der Waals surface area (Å²) in [4.78, 5) is 2.46. The number of hydrogen-bond acceptors (Lipinski definition) is 3. The molecule has 0 spiro atoms. The van der Waals surface area contributed by atoms with Crippen molar-refractivity contribution >= 4 is 5.69 Å². The monoisotopic (exact) mass is 276 g/mol. The van der Waals surface area contributed by atoms with Crippen LogP contribution >= 0.6 is 0 Å². The van der Waals surface area contributed by atoms with Gasteiger partial charge in [-0.1, -0.05) is 26.0 Å². The fourth-order valence-electron chi connectivity index (χ4n) is 2.85. The summed E-state index contributed by atoms with van der Waals surface area (Å²) in [7, 11) is 1.82. The quantitative estimate of drug-likeness (QED) is 0.894. The van der Waals surface area contributed by atoms with Gasteiger partial charge in [0.15, 0.2) is 0 Å². The Morgan fingerprint density at radius 1 is 1.40 bits per heavy atom. The minimum atomic E-state index is 0.380. The molecule has 0 aromatic heterocycles. The maximum absolute atomic E-state index is 5.52. The molecule has 1 aliphatic rings. The summed E-state index contributed by atoms with van der Waals surface area (Å²) >= 11 is 0. The van der Waals surface area contributed by atoms with E-state index in [4.69, 9.17) is 4.74 Å². The molecule has 20 heavy (non-hydrogen) atoms. The molecule has 1 aromatic rings. The minimum Gasteiger partial charge on any atom is -0.380 e. The molecule has 3 nitrogen and oxygen atoms in total. The maximum atomic E-state index is 5.52. The van der Waals surface area contributed by atoms with Gasteiger partial charge in [0.2, 0.25) is 0 Å². The average molecular weight is 276 g/mol. The van der Waals surface area contributed by atoms with Crippen LogP contribution in [0.5, 0.6) is 0 Å². The van der Waals surface area contributed by atoms with Crippen molar-refractivity contribution in [2.45, 2.75) is 52.3 Å². The number of hydrogen-bond donors (Lipinski definition) is 1. The summed E-state index contributed by atoms with van der Waals surface area (Å²) in [5.74, 6) is 0. The van der Waals surface area contributed by atoms with Crippen molar-refractivity contribution < 1.29 is 4.74 Å². The average Bonchev–Trinajstić information content (AvgIpc) is 2.45. The van der Waals surface area contributed by atoms with Gasteiger partial charge in [-0.25, -0.2) is 0 Å². The SMILES string of the molecule is COC1CCCN(c2ccc(CNC(C)C)cc2C)C1. The number of nitrogens with zero attached hydrogens (tertiary/aromatic N) is 1. The second-order valence-corrected chi connectivity index (χ2v) is 6.10. The van der Waals surface area contributed by atoms with E-state index in [1.807, 2.05) is 7.11 Å². The summed E-state index contributed by atoms with van der Waals surface area (Å²) < 4.78 is 5.52. The summed E-state index contributed by atoms with van der Waals surface area (Å²) in [6.07, 6.45) is 2.78. The van der Waals surface area contributed by atoms with E-state index in [-0.39, 0.29) is 0 Å². The number of piperidine rings is 1. The van der Waals surface area contributed by atoms with E-state index < -0.39 is 0 Å². The number of rotatable bonds is 5. The Morgan fingerprint density at radius 2 is 2.20 bits per heavy atom. The summed E-state index contributed by atoms with van der Waals surface area (Å²) in [5.41, 5.74) is 4.09. The van der Waals surface area contributed by atoms with Gasteiger partial charge in [0.1, 0.15) is 0 Å². The van der Waals surface area contributed by atoms with Crippen LogP contribution in [0.2, 0.25) is 0 Å². The van der Waals surface area contributed by atoms with Crippen molar-refractivity contribution in [1.82, 2.24) is 5.32 Å². The zero-order valence-corrected chi connectivity index (χ0v) is 13.3. The van der Waals surface area contributed by atoms with Gasteiger partial charge in [0.05, 0.1) is 6.10 Å². The van der Waals surface area contributed by atoms with Crippen molar-refractivity contribution in [3.8, 4) is 0 Å². The highest BCUT2D eigenvalue weighted by atomic mass is 16.5. The lowest BCUT2D eigenvalue weighted by molar-refractivity contribution is 0.0893. The van der Waals surface area contributed by atoms with Crippen LogP contribution in [-0.4, -0.2) is 32.3 Å². The van der Waals surface area contributed by atoms with Gasteiger partial charge in [-0.15, -0.1) is 0 Å². The van der Waals surface area contributed by atoms with Crippen LogP contribution in [0.3, 0.4) is 0 Å². The highest BCUT2D eigenvalue weighted by molar-refractivity contribution is 5.55. The van der Waals surface area contributed by atoms with Gasteiger partial charge >= 0.3 is 0 Å². The van der Waals surface area contributed by atoms with Gasteiger partial charge in [-0.3, -0.25) is 0 Å². The van der Waals surface area contributed by atoms with E-state index in [0.29, 0.717) is 12.1 Å². The first-order chi connectivity index (χ1) is 9.60. The molecule has 1 aromatic carbocycles. The van der Waals surface area contributed by atoms with E-state index in [0.717, 1.165) is 19.6 Å². The largest absolute Gasteiger partial charge is 0.380 e. The van der Waals surface area contributed by atoms with Crippen LogP contribution in [0, 0.1) is 6.92 Å². The summed E-state index contributed by atoms with van der Waals surface area (Å²) in [6, 6.07) is 7.35. The second kappa shape index (κ2) is 7.09. The van der Waals surface area contributed by atoms with Crippen molar-refractivity contribution in [2.75, 3.05) is 25.1 Å². The van der Waals surface area contributed by atoms with Crippen LogP contribution in [0.1, 0.15) is 37.8 Å². The molecule has 112 valence electrons. The highest BCUT2D eigenvalue weighted by Gasteiger charge is 2.20. The first-order valence-corrected chi connectivity index (χ1v) is 7.71. The maximum Gasteiger partial charge on any atom is 0.0746 e. The Kier molecular flexibility index (Phi) is 5.44. The van der Waals surface area contributed by atoms with E-state index >= 15 is 0 Å². The predicted molar refractivity (Wildman–Crippen MR) is 85.4 cm³/mol. The smallest absolute Gasteiger partial charge is 0.0746 e. The van der Waals surface area contributed by atoms with Crippen LogP contribution in [0.4, 0.5) is 5.69 Å². The van der Waals surface area contributed by atoms with Crippen molar-refractivity contribution in [3.63, 3.8) is 0 Å². The third kappa shape index (κ3) is 3.97. The highest BCUT2D eigenvalue weighted by Crippen LogP contribution is 2.25. The Hall–Kier alpha value is -1.06. The third-order valence-corrected chi connectivity index (χ3v) is 4.03. The van der Waals surface area contributed by atoms with Gasteiger partial charge < -0.3 is 15.0 Å².